The van der Waals surface area contributed by atoms with Gasteiger partial charge < -0.3 is 10.6 Å². The van der Waals surface area contributed by atoms with Crippen LogP contribution in [0.4, 0.5) is 0 Å². The van der Waals surface area contributed by atoms with E-state index in [0.29, 0.717) is 11.3 Å². The van der Waals surface area contributed by atoms with Gasteiger partial charge in [0.05, 0.1) is 0 Å². The van der Waals surface area contributed by atoms with E-state index < -0.39 is 0 Å². The maximum absolute atomic E-state index is 12.2. The third kappa shape index (κ3) is 2.51. The van der Waals surface area contributed by atoms with Crippen molar-refractivity contribution in [3.05, 3.63) is 0 Å². The lowest BCUT2D eigenvalue weighted by Gasteiger charge is -2.31. The maximum atomic E-state index is 12.2. The fraction of sp³-hybridized carbons (Fsp3) is 0.917. The number of piperidine rings is 1. The van der Waals surface area contributed by atoms with Crippen molar-refractivity contribution in [3.63, 3.8) is 0 Å². The smallest absolute Gasteiger partial charge is 0.226 e. The number of likely N-dealkylation sites (tertiary alicyclic amines) is 1. The van der Waals surface area contributed by atoms with Gasteiger partial charge in [0.25, 0.3) is 0 Å². The van der Waals surface area contributed by atoms with Gasteiger partial charge in [-0.25, -0.2) is 0 Å². The highest BCUT2D eigenvalue weighted by molar-refractivity contribution is 5.85. The number of hydrogen-bond donors (Lipinski definition) is 1. The van der Waals surface area contributed by atoms with Crippen molar-refractivity contribution in [2.24, 2.45) is 17.1 Å². The Bertz CT molecular complexity index is 272. The first kappa shape index (κ1) is 13.8. The van der Waals surface area contributed by atoms with E-state index in [0.717, 1.165) is 38.8 Å². The van der Waals surface area contributed by atoms with Crippen LogP contribution in [0, 0.1) is 11.3 Å². The van der Waals surface area contributed by atoms with E-state index in [1.807, 2.05) is 4.90 Å². The highest BCUT2D eigenvalue weighted by atomic mass is 35.5. The lowest BCUT2D eigenvalue weighted by molar-refractivity contribution is -0.134. The van der Waals surface area contributed by atoms with Gasteiger partial charge in [0.15, 0.2) is 0 Å². The van der Waals surface area contributed by atoms with Crippen LogP contribution in [-0.4, -0.2) is 29.9 Å². The van der Waals surface area contributed by atoms with E-state index in [1.165, 1.54) is 0 Å². The third-order valence-corrected chi connectivity index (χ3v) is 4.23. The molecule has 0 radical (unpaired) electrons. The topological polar surface area (TPSA) is 46.3 Å². The summed E-state index contributed by atoms with van der Waals surface area (Å²) in [4.78, 5) is 14.1. The van der Waals surface area contributed by atoms with Gasteiger partial charge in [0.1, 0.15) is 0 Å². The van der Waals surface area contributed by atoms with Crippen LogP contribution in [0.5, 0.6) is 0 Å². The largest absolute Gasteiger partial charge is 0.341 e. The van der Waals surface area contributed by atoms with Gasteiger partial charge in [-0.2, -0.15) is 0 Å². The molecule has 0 spiro atoms. The molecule has 16 heavy (non-hydrogen) atoms. The third-order valence-electron chi connectivity index (χ3n) is 4.23. The molecule has 1 aliphatic heterocycles. The van der Waals surface area contributed by atoms with Crippen LogP contribution in [0.15, 0.2) is 0 Å². The normalized spacial score (nSPS) is 37.8. The average Bonchev–Trinajstić information content (AvgIpc) is 2.91. The number of nitrogens with two attached hydrogens (primary N) is 1. The second kappa shape index (κ2) is 4.92. The fourth-order valence-electron chi connectivity index (χ4n) is 2.61. The Morgan fingerprint density at radius 1 is 1.56 bits per heavy atom. The summed E-state index contributed by atoms with van der Waals surface area (Å²) in [7, 11) is 0. The predicted molar refractivity (Wildman–Crippen MR) is 67.5 cm³/mol. The second-order valence-corrected chi connectivity index (χ2v) is 5.45. The summed E-state index contributed by atoms with van der Waals surface area (Å²) in [6.45, 7) is 6.09. The predicted octanol–water partition coefficient (Wildman–Crippen LogP) is 1.79. The Kier molecular flexibility index (Phi) is 4.24. The summed E-state index contributed by atoms with van der Waals surface area (Å²) >= 11 is 0. The van der Waals surface area contributed by atoms with Gasteiger partial charge in [-0.1, -0.05) is 13.8 Å². The van der Waals surface area contributed by atoms with E-state index in [2.05, 4.69) is 13.8 Å². The number of amides is 1. The van der Waals surface area contributed by atoms with E-state index in [4.69, 9.17) is 5.73 Å². The van der Waals surface area contributed by atoms with Crippen LogP contribution in [0.2, 0.25) is 0 Å². The molecule has 0 aromatic carbocycles. The Morgan fingerprint density at radius 2 is 2.25 bits per heavy atom. The first-order chi connectivity index (χ1) is 7.07. The second-order valence-electron chi connectivity index (χ2n) is 5.45. The lowest BCUT2D eigenvalue weighted by atomic mass is 10.0. The summed E-state index contributed by atoms with van der Waals surface area (Å²) in [6.07, 6.45) is 4.33. The minimum atomic E-state index is 0. The van der Waals surface area contributed by atoms with Gasteiger partial charge in [0, 0.05) is 25.0 Å². The highest BCUT2D eigenvalue weighted by Gasteiger charge is 2.54. The molecule has 1 heterocycles. The standard InChI is InChI=1S/C12H22N2O.ClH/c1-3-12(2)7-10(12)11(15)14-6-4-5-9(13)8-14;/h9-10H,3-8,13H2,1-2H3;1H/t9-,10?,12?;/m1./s1. The molecule has 2 unspecified atom stereocenters. The molecule has 1 saturated carbocycles. The number of rotatable bonds is 2. The number of carbonyl (C=O) groups is 1. The molecule has 0 aromatic rings. The SMILES string of the molecule is CCC1(C)CC1C(=O)N1CCC[C@@H](N)C1.Cl. The van der Waals surface area contributed by atoms with E-state index in [1.54, 1.807) is 0 Å². The number of carbonyl (C=O) groups excluding carboxylic acids is 1. The van der Waals surface area contributed by atoms with E-state index >= 15 is 0 Å². The van der Waals surface area contributed by atoms with Crippen LogP contribution in [-0.2, 0) is 4.79 Å². The number of hydrogen-bond acceptors (Lipinski definition) is 2. The molecule has 1 saturated heterocycles. The zero-order chi connectivity index (χ0) is 11.1. The molecule has 1 aliphatic carbocycles. The van der Waals surface area contributed by atoms with Crippen LogP contribution in [0.3, 0.4) is 0 Å². The molecule has 94 valence electrons. The van der Waals surface area contributed by atoms with E-state index in [-0.39, 0.29) is 24.4 Å². The van der Waals surface area contributed by atoms with Crippen LogP contribution >= 0.6 is 12.4 Å². The van der Waals surface area contributed by atoms with Crippen molar-refractivity contribution < 1.29 is 4.79 Å². The number of nitrogens with zero attached hydrogens (tertiary/aromatic N) is 1. The van der Waals surface area contributed by atoms with E-state index in [9.17, 15) is 4.79 Å². The summed E-state index contributed by atoms with van der Waals surface area (Å²) in [5.74, 6) is 0.641. The van der Waals surface area contributed by atoms with Gasteiger partial charge >= 0.3 is 0 Å². The fourth-order valence-corrected chi connectivity index (χ4v) is 2.61. The molecule has 2 fully saturated rings. The zero-order valence-electron chi connectivity index (χ0n) is 10.2. The average molecular weight is 247 g/mol. The highest BCUT2D eigenvalue weighted by Crippen LogP contribution is 2.55. The van der Waals surface area contributed by atoms with Crippen molar-refractivity contribution in [1.29, 1.82) is 0 Å². The molecule has 0 bridgehead atoms. The summed E-state index contributed by atoms with van der Waals surface area (Å²) in [6, 6.07) is 0.203. The zero-order valence-corrected chi connectivity index (χ0v) is 11.1. The summed E-state index contributed by atoms with van der Waals surface area (Å²) < 4.78 is 0. The Morgan fingerprint density at radius 3 is 2.75 bits per heavy atom. The molecular formula is C12H23ClN2O. The summed E-state index contributed by atoms with van der Waals surface area (Å²) in [5, 5.41) is 0. The van der Waals surface area contributed by atoms with Gasteiger partial charge in [-0.05, 0) is 31.1 Å². The first-order valence-corrected chi connectivity index (χ1v) is 6.11. The van der Waals surface area contributed by atoms with Gasteiger partial charge in [-0.3, -0.25) is 4.79 Å². The van der Waals surface area contributed by atoms with Crippen molar-refractivity contribution in [3.8, 4) is 0 Å². The number of halogens is 1. The van der Waals surface area contributed by atoms with Crippen LogP contribution in [0.1, 0.15) is 39.5 Å². The van der Waals surface area contributed by atoms with Crippen molar-refractivity contribution in [2.45, 2.75) is 45.6 Å². The maximum Gasteiger partial charge on any atom is 0.226 e. The van der Waals surface area contributed by atoms with Crippen LogP contribution < -0.4 is 5.73 Å². The molecule has 3 atom stereocenters. The van der Waals surface area contributed by atoms with Crippen molar-refractivity contribution >= 4 is 18.3 Å². The molecule has 2 aliphatic rings. The molecule has 4 heteroatoms. The quantitative estimate of drug-likeness (QED) is 0.808. The Hall–Kier alpha value is -0.280. The molecule has 1 amide bonds. The lowest BCUT2D eigenvalue weighted by Crippen LogP contribution is -2.46. The van der Waals surface area contributed by atoms with Crippen molar-refractivity contribution in [2.75, 3.05) is 13.1 Å². The Labute approximate surface area is 104 Å². The molecular weight excluding hydrogens is 224 g/mol. The molecule has 0 aromatic heterocycles. The minimum absolute atomic E-state index is 0. The van der Waals surface area contributed by atoms with Crippen LogP contribution in [0.25, 0.3) is 0 Å². The minimum Gasteiger partial charge on any atom is -0.341 e. The van der Waals surface area contributed by atoms with Gasteiger partial charge in [-0.15, -0.1) is 12.4 Å². The van der Waals surface area contributed by atoms with Gasteiger partial charge in [0.2, 0.25) is 5.91 Å². The molecule has 3 nitrogen and oxygen atoms in total. The monoisotopic (exact) mass is 246 g/mol. The molecule has 2 rings (SSSR count). The summed E-state index contributed by atoms with van der Waals surface area (Å²) in [5.41, 5.74) is 6.18. The first-order valence-electron chi connectivity index (χ1n) is 6.11. The Balaban J connectivity index is 0.00000128. The molecule has 2 N–H and O–H groups in total. The van der Waals surface area contributed by atoms with Crippen molar-refractivity contribution in [1.82, 2.24) is 4.90 Å².